The summed E-state index contributed by atoms with van der Waals surface area (Å²) in [4.78, 5) is 14.0. The fourth-order valence-electron chi connectivity index (χ4n) is 2.87. The van der Waals surface area contributed by atoms with Gasteiger partial charge in [0.05, 0.1) is 37.6 Å². The number of carbonyl (C=O) groups excluding carboxylic acids is 1. The minimum Gasteiger partial charge on any atom is -0.493 e. The quantitative estimate of drug-likeness (QED) is 0.448. The van der Waals surface area contributed by atoms with Crippen molar-refractivity contribution in [1.82, 2.24) is 10.3 Å². The Morgan fingerprint density at radius 2 is 2.03 bits per heavy atom. The summed E-state index contributed by atoms with van der Waals surface area (Å²) in [5, 5.41) is 4.72. The lowest BCUT2D eigenvalue weighted by molar-refractivity contribution is -0.123. The van der Waals surface area contributed by atoms with Gasteiger partial charge in [-0.1, -0.05) is 23.7 Å². The molecule has 30 heavy (non-hydrogen) atoms. The molecule has 1 aliphatic rings. The Morgan fingerprint density at radius 3 is 2.73 bits per heavy atom. The zero-order chi connectivity index (χ0) is 21.3. The SMILES string of the molecule is COc1cc(/C=N\NC(=O)CN2CCOCC2)cc(Br)c1OCc1ccc(Cl)cc1. The van der Waals surface area contributed by atoms with Crippen LogP contribution in [0.15, 0.2) is 46.0 Å². The van der Waals surface area contributed by atoms with Crippen LogP contribution in [0.3, 0.4) is 0 Å². The Kier molecular flexibility index (Phi) is 8.50. The van der Waals surface area contributed by atoms with Crippen molar-refractivity contribution < 1.29 is 19.0 Å². The van der Waals surface area contributed by atoms with Gasteiger partial charge in [-0.3, -0.25) is 9.69 Å². The van der Waals surface area contributed by atoms with Gasteiger partial charge in [-0.25, -0.2) is 5.43 Å². The van der Waals surface area contributed by atoms with Crippen LogP contribution < -0.4 is 14.9 Å². The molecule has 1 fully saturated rings. The second kappa shape index (κ2) is 11.3. The molecule has 0 radical (unpaired) electrons. The molecule has 3 rings (SSSR count). The molecule has 9 heteroatoms. The molecule has 0 aliphatic carbocycles. The number of nitrogens with zero attached hydrogens (tertiary/aromatic N) is 2. The summed E-state index contributed by atoms with van der Waals surface area (Å²) >= 11 is 9.43. The maximum Gasteiger partial charge on any atom is 0.254 e. The van der Waals surface area contributed by atoms with E-state index in [1.54, 1.807) is 19.4 Å². The van der Waals surface area contributed by atoms with Gasteiger partial charge >= 0.3 is 0 Å². The Bertz CT molecular complexity index is 887. The average molecular weight is 497 g/mol. The number of morpholine rings is 1. The summed E-state index contributed by atoms with van der Waals surface area (Å²) in [5.41, 5.74) is 4.29. The lowest BCUT2D eigenvalue weighted by Gasteiger charge is -2.25. The van der Waals surface area contributed by atoms with Crippen LogP contribution in [-0.4, -0.2) is 57.0 Å². The maximum absolute atomic E-state index is 12.0. The number of rotatable bonds is 8. The van der Waals surface area contributed by atoms with Crippen molar-refractivity contribution in [3.63, 3.8) is 0 Å². The number of hydrogen-bond donors (Lipinski definition) is 1. The van der Waals surface area contributed by atoms with Gasteiger partial charge in [-0.05, 0) is 51.3 Å². The first-order valence-electron chi connectivity index (χ1n) is 9.42. The van der Waals surface area contributed by atoms with Crippen LogP contribution in [-0.2, 0) is 16.1 Å². The highest BCUT2D eigenvalue weighted by Crippen LogP contribution is 2.36. The van der Waals surface area contributed by atoms with E-state index in [1.165, 1.54) is 0 Å². The van der Waals surface area contributed by atoms with Crippen molar-refractivity contribution >= 4 is 39.7 Å². The monoisotopic (exact) mass is 495 g/mol. The molecule has 1 saturated heterocycles. The van der Waals surface area contributed by atoms with Crippen LogP contribution in [0, 0.1) is 0 Å². The molecule has 160 valence electrons. The van der Waals surface area contributed by atoms with E-state index in [1.807, 2.05) is 35.2 Å². The Balaban J connectivity index is 1.59. The Labute approximate surface area is 189 Å². The lowest BCUT2D eigenvalue weighted by atomic mass is 10.2. The van der Waals surface area contributed by atoms with Crippen molar-refractivity contribution in [2.24, 2.45) is 5.10 Å². The van der Waals surface area contributed by atoms with Crippen molar-refractivity contribution in [2.45, 2.75) is 6.61 Å². The van der Waals surface area contributed by atoms with Gasteiger partial charge in [0.15, 0.2) is 11.5 Å². The van der Waals surface area contributed by atoms with E-state index in [2.05, 4.69) is 26.5 Å². The highest BCUT2D eigenvalue weighted by Gasteiger charge is 2.14. The number of hydrogen-bond acceptors (Lipinski definition) is 6. The Hall–Kier alpha value is -2.13. The third-order valence-electron chi connectivity index (χ3n) is 4.42. The summed E-state index contributed by atoms with van der Waals surface area (Å²) in [5.74, 6) is 0.975. The molecule has 0 aromatic heterocycles. The molecule has 1 N–H and O–H groups in total. The van der Waals surface area contributed by atoms with Crippen LogP contribution in [0.1, 0.15) is 11.1 Å². The van der Waals surface area contributed by atoms with E-state index in [4.69, 9.17) is 25.8 Å². The van der Waals surface area contributed by atoms with E-state index in [9.17, 15) is 4.79 Å². The Morgan fingerprint density at radius 1 is 1.30 bits per heavy atom. The summed E-state index contributed by atoms with van der Waals surface area (Å²) in [6.45, 7) is 3.47. The van der Waals surface area contributed by atoms with Crippen molar-refractivity contribution in [3.8, 4) is 11.5 Å². The largest absolute Gasteiger partial charge is 0.493 e. The normalized spacial score (nSPS) is 14.6. The van der Waals surface area contributed by atoms with E-state index in [0.29, 0.717) is 42.9 Å². The number of ether oxygens (including phenoxy) is 3. The topological polar surface area (TPSA) is 72.4 Å². The number of methoxy groups -OCH3 is 1. The van der Waals surface area contributed by atoms with Crippen molar-refractivity contribution in [3.05, 3.63) is 57.0 Å². The average Bonchev–Trinajstić information content (AvgIpc) is 2.74. The molecule has 0 saturated carbocycles. The maximum atomic E-state index is 12.0. The molecule has 0 bridgehead atoms. The van der Waals surface area contributed by atoms with Gasteiger partial charge in [0, 0.05) is 18.1 Å². The molecule has 7 nitrogen and oxygen atoms in total. The first kappa shape index (κ1) is 22.6. The number of hydrazone groups is 1. The van der Waals surface area contributed by atoms with Crippen LogP contribution in [0.4, 0.5) is 0 Å². The predicted octanol–water partition coefficient (Wildman–Crippen LogP) is 3.47. The summed E-state index contributed by atoms with van der Waals surface area (Å²) in [7, 11) is 1.57. The van der Waals surface area contributed by atoms with Gasteiger partial charge in [-0.2, -0.15) is 5.10 Å². The molecule has 2 aromatic rings. The fraction of sp³-hybridized carbons (Fsp3) is 0.333. The van der Waals surface area contributed by atoms with Gasteiger partial charge in [-0.15, -0.1) is 0 Å². The number of benzene rings is 2. The van der Waals surface area contributed by atoms with Gasteiger partial charge in [0.25, 0.3) is 5.91 Å². The fourth-order valence-corrected chi connectivity index (χ4v) is 3.57. The number of carbonyl (C=O) groups is 1. The van der Waals surface area contributed by atoms with Crippen LogP contribution >= 0.6 is 27.5 Å². The third kappa shape index (κ3) is 6.70. The summed E-state index contributed by atoms with van der Waals surface area (Å²) in [6.07, 6.45) is 1.56. The highest BCUT2D eigenvalue weighted by molar-refractivity contribution is 9.10. The van der Waals surface area contributed by atoms with Gasteiger partial charge in [0.2, 0.25) is 0 Å². The van der Waals surface area contributed by atoms with E-state index < -0.39 is 0 Å². The molecular formula is C21H23BrClN3O4. The first-order chi connectivity index (χ1) is 14.5. The van der Waals surface area contributed by atoms with Crippen molar-refractivity contribution in [1.29, 1.82) is 0 Å². The standard InChI is InChI=1S/C21H23BrClN3O4/c1-28-19-11-16(12-24-25-20(27)13-26-6-8-29-9-7-26)10-18(22)21(19)30-14-15-2-4-17(23)5-3-15/h2-5,10-12H,6-9,13-14H2,1H3,(H,25,27)/b24-12-. The second-order valence-electron chi connectivity index (χ2n) is 6.63. The predicted molar refractivity (Wildman–Crippen MR) is 119 cm³/mol. The van der Waals surface area contributed by atoms with Gasteiger partial charge in [0.1, 0.15) is 6.61 Å². The molecule has 1 heterocycles. The molecular weight excluding hydrogens is 474 g/mol. The molecule has 0 unspecified atom stereocenters. The second-order valence-corrected chi connectivity index (χ2v) is 7.92. The van der Waals surface area contributed by atoms with Gasteiger partial charge < -0.3 is 14.2 Å². The highest BCUT2D eigenvalue weighted by atomic mass is 79.9. The minimum atomic E-state index is -0.165. The van der Waals surface area contributed by atoms with E-state index >= 15 is 0 Å². The summed E-state index contributed by atoms with van der Waals surface area (Å²) < 4.78 is 17.4. The van der Waals surface area contributed by atoms with Crippen molar-refractivity contribution in [2.75, 3.05) is 40.0 Å². The minimum absolute atomic E-state index is 0.165. The zero-order valence-corrected chi connectivity index (χ0v) is 18.9. The summed E-state index contributed by atoms with van der Waals surface area (Å²) in [6, 6.07) is 11.1. The number of halogens is 2. The number of amides is 1. The van der Waals surface area contributed by atoms with E-state index in [0.717, 1.165) is 28.7 Å². The van der Waals surface area contributed by atoms with E-state index in [-0.39, 0.29) is 5.91 Å². The first-order valence-corrected chi connectivity index (χ1v) is 10.6. The molecule has 0 atom stereocenters. The van der Waals surface area contributed by atoms with Crippen LogP contribution in [0.2, 0.25) is 5.02 Å². The molecule has 2 aromatic carbocycles. The van der Waals surface area contributed by atoms with Crippen LogP contribution in [0.25, 0.3) is 0 Å². The molecule has 0 spiro atoms. The molecule has 1 aliphatic heterocycles. The third-order valence-corrected chi connectivity index (χ3v) is 5.26. The zero-order valence-electron chi connectivity index (χ0n) is 16.6. The lowest BCUT2D eigenvalue weighted by Crippen LogP contribution is -2.42. The number of nitrogens with one attached hydrogen (secondary N) is 1. The molecule has 1 amide bonds. The smallest absolute Gasteiger partial charge is 0.254 e. The van der Waals surface area contributed by atoms with Crippen LogP contribution in [0.5, 0.6) is 11.5 Å².